The van der Waals surface area contributed by atoms with Gasteiger partial charge in [-0.15, -0.1) is 5.10 Å². The number of halogens is 4. The topological polar surface area (TPSA) is 88.0 Å². The van der Waals surface area contributed by atoms with Crippen LogP contribution in [0.2, 0.25) is 0 Å². The van der Waals surface area contributed by atoms with E-state index in [1.807, 2.05) is 29.2 Å². The predicted molar refractivity (Wildman–Crippen MR) is 132 cm³/mol. The molecule has 3 heterocycles. The van der Waals surface area contributed by atoms with Gasteiger partial charge in [0.1, 0.15) is 18.2 Å². The standard InChI is InChI=1S/C24H21BrF3N7O/c25-17-5-1-15(2-6-17)11-30-23(36)20-13-34(10-9-29-20)22-19-12-35(33-21(19)31-14-32-22)18-7-3-16(4-8-18)24(26,27)28/h1-8,12,14,20,29H,9-11,13H2,(H,30,36)/t20-/m0/s1. The Labute approximate surface area is 212 Å². The van der Waals surface area contributed by atoms with Crippen LogP contribution in [0.4, 0.5) is 19.0 Å². The summed E-state index contributed by atoms with van der Waals surface area (Å²) in [7, 11) is 0. The summed E-state index contributed by atoms with van der Waals surface area (Å²) < 4.78 is 41.2. The average Bonchev–Trinajstić information content (AvgIpc) is 3.32. The van der Waals surface area contributed by atoms with Gasteiger partial charge in [0.15, 0.2) is 5.65 Å². The molecule has 1 fully saturated rings. The van der Waals surface area contributed by atoms with Gasteiger partial charge >= 0.3 is 6.18 Å². The van der Waals surface area contributed by atoms with Crippen LogP contribution in [0.3, 0.4) is 0 Å². The number of piperazine rings is 1. The molecule has 1 aliphatic heterocycles. The fourth-order valence-corrected chi connectivity index (χ4v) is 4.31. The highest BCUT2D eigenvalue weighted by Gasteiger charge is 2.30. The van der Waals surface area contributed by atoms with Gasteiger partial charge in [-0.25, -0.2) is 14.6 Å². The molecule has 0 radical (unpaired) electrons. The molecule has 12 heteroatoms. The number of aromatic nitrogens is 4. The number of carbonyl (C=O) groups is 1. The molecule has 0 aliphatic carbocycles. The summed E-state index contributed by atoms with van der Waals surface area (Å²) >= 11 is 3.40. The zero-order valence-corrected chi connectivity index (χ0v) is 20.4. The Morgan fingerprint density at radius 3 is 2.58 bits per heavy atom. The zero-order valence-electron chi connectivity index (χ0n) is 18.8. The van der Waals surface area contributed by atoms with Crippen molar-refractivity contribution in [3.8, 4) is 5.69 Å². The lowest BCUT2D eigenvalue weighted by atomic mass is 10.1. The molecule has 0 bridgehead atoms. The van der Waals surface area contributed by atoms with Gasteiger partial charge in [0.25, 0.3) is 0 Å². The minimum atomic E-state index is -4.41. The molecule has 2 N–H and O–H groups in total. The summed E-state index contributed by atoms with van der Waals surface area (Å²) in [6.45, 7) is 2.01. The molecule has 1 aliphatic rings. The second-order valence-electron chi connectivity index (χ2n) is 8.35. The normalized spacial score (nSPS) is 16.3. The number of hydrogen-bond acceptors (Lipinski definition) is 6. The molecule has 0 saturated carbocycles. The van der Waals surface area contributed by atoms with Crippen LogP contribution < -0.4 is 15.5 Å². The Hall–Kier alpha value is -3.51. The third kappa shape index (κ3) is 5.19. The van der Waals surface area contributed by atoms with E-state index < -0.39 is 17.8 Å². The number of amides is 1. The predicted octanol–water partition coefficient (Wildman–Crippen LogP) is 3.69. The molecular formula is C24H21BrF3N7O. The number of carbonyl (C=O) groups excluding carboxylic acids is 1. The lowest BCUT2D eigenvalue weighted by Crippen LogP contribution is -2.57. The van der Waals surface area contributed by atoms with E-state index in [2.05, 4.69) is 41.6 Å². The van der Waals surface area contributed by atoms with Gasteiger partial charge < -0.3 is 15.5 Å². The lowest BCUT2D eigenvalue weighted by molar-refractivity contribution is -0.137. The number of nitrogens with zero attached hydrogens (tertiary/aromatic N) is 5. The van der Waals surface area contributed by atoms with Gasteiger partial charge in [-0.05, 0) is 42.0 Å². The molecule has 5 rings (SSSR count). The smallest absolute Gasteiger partial charge is 0.353 e. The Balaban J connectivity index is 1.32. The summed E-state index contributed by atoms with van der Waals surface area (Å²) in [5.41, 5.74) is 1.15. The van der Waals surface area contributed by atoms with Crippen molar-refractivity contribution in [1.29, 1.82) is 0 Å². The molecule has 1 atom stereocenters. The van der Waals surface area contributed by atoms with Crippen molar-refractivity contribution in [3.63, 3.8) is 0 Å². The third-order valence-electron chi connectivity index (χ3n) is 5.93. The first-order valence-corrected chi connectivity index (χ1v) is 12.0. The summed E-state index contributed by atoms with van der Waals surface area (Å²) in [5, 5.41) is 11.3. The molecular weight excluding hydrogens is 539 g/mol. The molecule has 4 aromatic rings. The highest BCUT2D eigenvalue weighted by Crippen LogP contribution is 2.30. The Kier molecular flexibility index (Phi) is 6.63. The van der Waals surface area contributed by atoms with Crippen LogP contribution in [0.1, 0.15) is 11.1 Å². The SMILES string of the molecule is O=C(NCc1ccc(Br)cc1)[C@@H]1CN(c2ncnc3nn(-c4ccc(C(F)(F)F)cc4)cc23)CCN1. The van der Waals surface area contributed by atoms with Crippen molar-refractivity contribution in [2.45, 2.75) is 18.8 Å². The Morgan fingerprint density at radius 1 is 1.11 bits per heavy atom. The number of fused-ring (bicyclic) bond motifs is 1. The largest absolute Gasteiger partial charge is 0.416 e. The number of nitrogens with one attached hydrogen (secondary N) is 2. The van der Waals surface area contributed by atoms with Crippen LogP contribution in [-0.2, 0) is 17.5 Å². The van der Waals surface area contributed by atoms with Crippen molar-refractivity contribution in [3.05, 3.63) is 76.7 Å². The summed E-state index contributed by atoms with van der Waals surface area (Å²) in [6.07, 6.45) is -1.32. The van der Waals surface area contributed by atoms with E-state index >= 15 is 0 Å². The first kappa shape index (κ1) is 24.2. The average molecular weight is 560 g/mol. The maximum absolute atomic E-state index is 12.9. The number of benzene rings is 2. The minimum absolute atomic E-state index is 0.117. The van der Waals surface area contributed by atoms with Crippen molar-refractivity contribution < 1.29 is 18.0 Å². The maximum Gasteiger partial charge on any atom is 0.416 e. The van der Waals surface area contributed by atoms with Crippen molar-refractivity contribution in [2.24, 2.45) is 0 Å². The molecule has 36 heavy (non-hydrogen) atoms. The monoisotopic (exact) mass is 559 g/mol. The minimum Gasteiger partial charge on any atom is -0.353 e. The van der Waals surface area contributed by atoms with E-state index in [0.717, 1.165) is 22.2 Å². The molecule has 0 unspecified atom stereocenters. The van der Waals surface area contributed by atoms with Gasteiger partial charge in [0.05, 0.1) is 16.6 Å². The third-order valence-corrected chi connectivity index (χ3v) is 6.45. The molecule has 186 valence electrons. The second kappa shape index (κ2) is 9.86. The van der Waals surface area contributed by atoms with Gasteiger partial charge in [-0.2, -0.15) is 13.2 Å². The second-order valence-corrected chi connectivity index (χ2v) is 9.27. The van der Waals surface area contributed by atoms with Crippen molar-refractivity contribution in [2.75, 3.05) is 24.5 Å². The number of anilines is 1. The highest BCUT2D eigenvalue weighted by atomic mass is 79.9. The fraction of sp³-hybridized carbons (Fsp3) is 0.250. The first-order chi connectivity index (χ1) is 17.3. The maximum atomic E-state index is 12.9. The van der Waals surface area contributed by atoms with E-state index in [4.69, 9.17) is 0 Å². The van der Waals surface area contributed by atoms with Crippen molar-refractivity contribution >= 4 is 38.7 Å². The van der Waals surface area contributed by atoms with Crippen LogP contribution in [0, 0.1) is 0 Å². The van der Waals surface area contributed by atoms with Crippen LogP contribution in [-0.4, -0.2) is 51.3 Å². The van der Waals surface area contributed by atoms with Gasteiger partial charge in [0.2, 0.25) is 5.91 Å². The molecule has 8 nitrogen and oxygen atoms in total. The number of alkyl halides is 3. The van der Waals surface area contributed by atoms with Crippen LogP contribution in [0.25, 0.3) is 16.7 Å². The fourth-order valence-electron chi connectivity index (χ4n) is 4.05. The van der Waals surface area contributed by atoms with E-state index in [1.54, 1.807) is 6.20 Å². The molecule has 1 saturated heterocycles. The zero-order chi connectivity index (χ0) is 25.3. The van der Waals surface area contributed by atoms with E-state index in [0.29, 0.717) is 48.7 Å². The Bertz CT molecular complexity index is 1370. The lowest BCUT2D eigenvalue weighted by Gasteiger charge is -2.33. The first-order valence-electron chi connectivity index (χ1n) is 11.2. The summed E-state index contributed by atoms with van der Waals surface area (Å²) in [5.74, 6) is 0.499. The summed E-state index contributed by atoms with van der Waals surface area (Å²) in [6, 6.07) is 12.0. The summed E-state index contributed by atoms with van der Waals surface area (Å²) in [4.78, 5) is 23.5. The van der Waals surface area contributed by atoms with Crippen molar-refractivity contribution in [1.82, 2.24) is 30.4 Å². The van der Waals surface area contributed by atoms with E-state index in [-0.39, 0.29) is 5.91 Å². The quantitative estimate of drug-likeness (QED) is 0.388. The van der Waals surface area contributed by atoms with E-state index in [9.17, 15) is 18.0 Å². The van der Waals surface area contributed by atoms with Crippen LogP contribution in [0.15, 0.2) is 65.5 Å². The highest BCUT2D eigenvalue weighted by molar-refractivity contribution is 9.10. The van der Waals surface area contributed by atoms with E-state index in [1.165, 1.54) is 23.1 Å². The molecule has 2 aromatic heterocycles. The van der Waals surface area contributed by atoms with Crippen LogP contribution in [0.5, 0.6) is 0 Å². The molecule has 2 aromatic carbocycles. The van der Waals surface area contributed by atoms with Crippen LogP contribution >= 0.6 is 15.9 Å². The van der Waals surface area contributed by atoms with Gasteiger partial charge in [-0.3, -0.25) is 4.79 Å². The number of hydrogen-bond donors (Lipinski definition) is 2. The van der Waals surface area contributed by atoms with Gasteiger partial charge in [-0.1, -0.05) is 28.1 Å². The number of rotatable bonds is 5. The Morgan fingerprint density at radius 2 is 1.86 bits per heavy atom. The molecule has 1 amide bonds. The molecule has 0 spiro atoms. The van der Waals surface area contributed by atoms with Gasteiger partial charge in [0, 0.05) is 36.8 Å².